The lowest BCUT2D eigenvalue weighted by Crippen LogP contribution is -2.21. The molecule has 2 heterocycles. The first-order valence-electron chi connectivity index (χ1n) is 5.39. The summed E-state index contributed by atoms with van der Waals surface area (Å²) >= 11 is 0. The molecule has 0 aliphatic carbocycles. The standard InChI is InChI=1S/C10H17N7/c1-16(2)5-3-12-9-10-13-4-6-17(10)7-8(14-9)15-11/h4,6-7,15H,3,5,11H2,1-2H3,(H,12,14). The molecule has 0 spiro atoms. The fraction of sp³-hybridized carbons (Fsp3) is 0.400. The molecule has 2 aromatic heterocycles. The lowest BCUT2D eigenvalue weighted by molar-refractivity contribution is 0.425. The molecule has 0 atom stereocenters. The minimum atomic E-state index is 0.600. The van der Waals surface area contributed by atoms with Crippen molar-refractivity contribution < 1.29 is 0 Å². The van der Waals surface area contributed by atoms with Crippen LogP contribution < -0.4 is 16.6 Å². The van der Waals surface area contributed by atoms with E-state index in [0.717, 1.165) is 24.6 Å². The van der Waals surface area contributed by atoms with Crippen molar-refractivity contribution in [1.29, 1.82) is 0 Å². The number of imidazole rings is 1. The van der Waals surface area contributed by atoms with E-state index in [1.54, 1.807) is 12.4 Å². The Bertz CT molecular complexity index is 490. The summed E-state index contributed by atoms with van der Waals surface area (Å²) in [5.74, 6) is 6.70. The van der Waals surface area contributed by atoms with E-state index in [2.05, 4.69) is 25.6 Å². The number of nitrogen functional groups attached to an aromatic ring is 1. The van der Waals surface area contributed by atoms with Crippen molar-refractivity contribution >= 4 is 17.3 Å². The Morgan fingerprint density at radius 1 is 1.47 bits per heavy atom. The first-order chi connectivity index (χ1) is 8.20. The van der Waals surface area contributed by atoms with E-state index in [9.17, 15) is 0 Å². The maximum atomic E-state index is 5.37. The number of fused-ring (bicyclic) bond motifs is 1. The van der Waals surface area contributed by atoms with Crippen LogP contribution in [0.1, 0.15) is 0 Å². The molecule has 0 saturated carbocycles. The van der Waals surface area contributed by atoms with Gasteiger partial charge in [0.1, 0.15) is 0 Å². The molecule has 17 heavy (non-hydrogen) atoms. The number of nitrogens with zero attached hydrogens (tertiary/aromatic N) is 4. The highest BCUT2D eigenvalue weighted by molar-refractivity contribution is 5.65. The second-order valence-electron chi connectivity index (χ2n) is 4.01. The molecule has 0 unspecified atom stereocenters. The third-order valence-corrected chi connectivity index (χ3v) is 2.37. The van der Waals surface area contributed by atoms with Crippen LogP contribution in [0.4, 0.5) is 11.6 Å². The molecule has 2 rings (SSSR count). The highest BCUT2D eigenvalue weighted by atomic mass is 15.3. The summed E-state index contributed by atoms with van der Waals surface area (Å²) in [6.45, 7) is 1.73. The zero-order valence-electron chi connectivity index (χ0n) is 10.0. The Kier molecular flexibility index (Phi) is 3.40. The normalized spacial score (nSPS) is 11.1. The van der Waals surface area contributed by atoms with Crippen LogP contribution in [-0.2, 0) is 0 Å². The molecular formula is C10H17N7. The van der Waals surface area contributed by atoms with Crippen LogP contribution >= 0.6 is 0 Å². The van der Waals surface area contributed by atoms with Gasteiger partial charge in [-0.05, 0) is 14.1 Å². The fourth-order valence-corrected chi connectivity index (χ4v) is 1.52. The highest BCUT2D eigenvalue weighted by Crippen LogP contribution is 2.15. The van der Waals surface area contributed by atoms with Crippen LogP contribution in [0.15, 0.2) is 18.6 Å². The Hall–Kier alpha value is -1.86. The monoisotopic (exact) mass is 235 g/mol. The third-order valence-electron chi connectivity index (χ3n) is 2.37. The zero-order chi connectivity index (χ0) is 12.3. The van der Waals surface area contributed by atoms with Crippen LogP contribution in [-0.4, -0.2) is 46.5 Å². The molecule has 2 aromatic rings. The minimum absolute atomic E-state index is 0.600. The van der Waals surface area contributed by atoms with E-state index in [4.69, 9.17) is 5.84 Å². The van der Waals surface area contributed by atoms with Crippen LogP contribution in [0.5, 0.6) is 0 Å². The van der Waals surface area contributed by atoms with Crippen LogP contribution in [0.3, 0.4) is 0 Å². The molecule has 0 fully saturated rings. The first kappa shape index (κ1) is 11.6. The van der Waals surface area contributed by atoms with E-state index < -0.39 is 0 Å². The zero-order valence-corrected chi connectivity index (χ0v) is 10.0. The van der Waals surface area contributed by atoms with E-state index in [1.165, 1.54) is 0 Å². The summed E-state index contributed by atoms with van der Waals surface area (Å²) in [5.41, 5.74) is 3.33. The van der Waals surface area contributed by atoms with Gasteiger partial charge >= 0.3 is 0 Å². The van der Waals surface area contributed by atoms with Crippen LogP contribution in [0.2, 0.25) is 0 Å². The van der Waals surface area contributed by atoms with Gasteiger partial charge in [-0.1, -0.05) is 0 Å². The van der Waals surface area contributed by atoms with E-state index in [1.807, 2.05) is 24.7 Å². The van der Waals surface area contributed by atoms with Crippen molar-refractivity contribution in [2.75, 3.05) is 37.9 Å². The van der Waals surface area contributed by atoms with Gasteiger partial charge in [-0.15, -0.1) is 0 Å². The summed E-state index contributed by atoms with van der Waals surface area (Å²) in [5, 5.41) is 3.25. The topological polar surface area (TPSA) is 83.5 Å². The molecule has 0 radical (unpaired) electrons. The molecule has 0 aromatic carbocycles. The average molecular weight is 235 g/mol. The Balaban J connectivity index is 2.21. The van der Waals surface area contributed by atoms with Crippen molar-refractivity contribution in [3.05, 3.63) is 18.6 Å². The Morgan fingerprint density at radius 2 is 2.29 bits per heavy atom. The van der Waals surface area contributed by atoms with E-state index in [-0.39, 0.29) is 0 Å². The lowest BCUT2D eigenvalue weighted by Gasteiger charge is -2.12. The third kappa shape index (κ3) is 2.63. The predicted molar refractivity (Wildman–Crippen MR) is 67.8 cm³/mol. The number of nitrogens with two attached hydrogens (primary N) is 1. The number of hydrogen-bond acceptors (Lipinski definition) is 6. The molecule has 7 nitrogen and oxygen atoms in total. The van der Waals surface area contributed by atoms with E-state index in [0.29, 0.717) is 5.82 Å². The summed E-state index contributed by atoms with van der Waals surface area (Å²) in [4.78, 5) is 10.7. The number of nitrogens with one attached hydrogen (secondary N) is 2. The maximum absolute atomic E-state index is 5.37. The smallest absolute Gasteiger partial charge is 0.180 e. The average Bonchev–Trinajstić information content (AvgIpc) is 2.76. The number of likely N-dealkylation sites (N-methyl/N-ethyl adjacent to an activating group) is 1. The van der Waals surface area contributed by atoms with E-state index >= 15 is 0 Å². The molecule has 92 valence electrons. The quantitative estimate of drug-likeness (QED) is 0.499. The van der Waals surface area contributed by atoms with Crippen molar-refractivity contribution in [3.8, 4) is 0 Å². The summed E-state index contributed by atoms with van der Waals surface area (Å²) < 4.78 is 1.88. The molecular weight excluding hydrogens is 218 g/mol. The molecule has 7 heteroatoms. The van der Waals surface area contributed by atoms with Gasteiger partial charge in [0, 0.05) is 25.5 Å². The van der Waals surface area contributed by atoms with Crippen molar-refractivity contribution in [1.82, 2.24) is 19.3 Å². The first-order valence-corrected chi connectivity index (χ1v) is 5.39. The molecule has 0 amide bonds. The number of hydrogen-bond donors (Lipinski definition) is 3. The minimum Gasteiger partial charge on any atom is -0.366 e. The maximum Gasteiger partial charge on any atom is 0.180 e. The number of aromatic nitrogens is 3. The van der Waals surface area contributed by atoms with Gasteiger partial charge in [0.2, 0.25) is 0 Å². The Morgan fingerprint density at radius 3 is 3.00 bits per heavy atom. The molecule has 0 saturated heterocycles. The van der Waals surface area contributed by atoms with Crippen molar-refractivity contribution in [2.45, 2.75) is 0 Å². The van der Waals surface area contributed by atoms with Gasteiger partial charge in [-0.25, -0.2) is 15.8 Å². The second kappa shape index (κ2) is 4.98. The highest BCUT2D eigenvalue weighted by Gasteiger charge is 2.06. The largest absolute Gasteiger partial charge is 0.366 e. The summed E-state index contributed by atoms with van der Waals surface area (Å²) in [7, 11) is 4.05. The number of rotatable bonds is 5. The second-order valence-corrected chi connectivity index (χ2v) is 4.01. The van der Waals surface area contributed by atoms with Gasteiger partial charge in [0.15, 0.2) is 17.3 Å². The van der Waals surface area contributed by atoms with Gasteiger partial charge in [0.05, 0.1) is 6.20 Å². The number of hydrazine groups is 1. The van der Waals surface area contributed by atoms with Crippen molar-refractivity contribution in [2.24, 2.45) is 5.84 Å². The fourth-order valence-electron chi connectivity index (χ4n) is 1.52. The summed E-state index contributed by atoms with van der Waals surface area (Å²) in [6, 6.07) is 0. The lowest BCUT2D eigenvalue weighted by atomic mass is 10.5. The molecule has 0 bridgehead atoms. The van der Waals surface area contributed by atoms with Gasteiger partial charge in [-0.2, -0.15) is 0 Å². The molecule has 4 N–H and O–H groups in total. The predicted octanol–water partition coefficient (Wildman–Crippen LogP) is -0.0116. The van der Waals surface area contributed by atoms with Crippen molar-refractivity contribution in [3.63, 3.8) is 0 Å². The van der Waals surface area contributed by atoms with Gasteiger partial charge in [-0.3, -0.25) is 0 Å². The summed E-state index contributed by atoms with van der Waals surface area (Å²) in [6.07, 6.45) is 5.38. The number of anilines is 2. The van der Waals surface area contributed by atoms with Gasteiger partial charge in [0.25, 0.3) is 0 Å². The van der Waals surface area contributed by atoms with Gasteiger partial charge < -0.3 is 20.0 Å². The Labute approximate surface area is 99.6 Å². The SMILES string of the molecule is CN(C)CCNc1nc(NN)cn2ccnc12. The van der Waals surface area contributed by atoms with Crippen LogP contribution in [0, 0.1) is 0 Å². The van der Waals surface area contributed by atoms with Crippen LogP contribution in [0.25, 0.3) is 5.65 Å². The molecule has 0 aliphatic rings. The molecule has 0 aliphatic heterocycles.